The summed E-state index contributed by atoms with van der Waals surface area (Å²) in [5.74, 6) is 0. The molecule has 4 heteroatoms. The van der Waals surface area contributed by atoms with Crippen molar-refractivity contribution >= 4 is 22.9 Å². The molecule has 1 N–H and O–H groups in total. The van der Waals surface area contributed by atoms with E-state index in [0.717, 1.165) is 17.0 Å². The third-order valence-corrected chi connectivity index (χ3v) is 4.04. The smallest absolute Gasteiger partial charge is 0.0794 e. The van der Waals surface area contributed by atoms with Crippen LogP contribution in [-0.4, -0.2) is 12.0 Å². The Hall–Kier alpha value is -0.900. The Morgan fingerprint density at radius 3 is 2.88 bits per heavy atom. The van der Waals surface area contributed by atoms with Gasteiger partial charge >= 0.3 is 0 Å². The Bertz CT molecular complexity index is 482. The van der Waals surface area contributed by atoms with E-state index < -0.39 is 0 Å². The van der Waals surface area contributed by atoms with Gasteiger partial charge in [-0.1, -0.05) is 23.7 Å². The molecule has 1 aromatic carbocycles. The second-order valence-electron chi connectivity index (χ2n) is 4.02. The Kier molecular flexibility index (Phi) is 4.15. The highest BCUT2D eigenvalue weighted by Gasteiger charge is 2.12. The number of hydrogen-bond donors (Lipinski definition) is 1. The predicted molar refractivity (Wildman–Crippen MR) is 73.8 cm³/mol. The van der Waals surface area contributed by atoms with Gasteiger partial charge in [-0.3, -0.25) is 4.98 Å². The van der Waals surface area contributed by atoms with E-state index in [4.69, 9.17) is 11.6 Å². The van der Waals surface area contributed by atoms with E-state index in [-0.39, 0.29) is 6.04 Å². The van der Waals surface area contributed by atoms with Gasteiger partial charge in [0.2, 0.25) is 0 Å². The van der Waals surface area contributed by atoms with Crippen molar-refractivity contribution in [3.05, 3.63) is 50.9 Å². The van der Waals surface area contributed by atoms with E-state index in [1.807, 2.05) is 31.7 Å². The number of hydrogen-bond acceptors (Lipinski definition) is 3. The third-order valence-electron chi connectivity index (χ3n) is 2.84. The lowest BCUT2D eigenvalue weighted by molar-refractivity contribution is 0.596. The van der Waals surface area contributed by atoms with Crippen molar-refractivity contribution in [3.8, 4) is 0 Å². The zero-order valence-corrected chi connectivity index (χ0v) is 11.5. The molecule has 1 atom stereocenters. The number of aryl methyl sites for hydroxylation is 1. The van der Waals surface area contributed by atoms with E-state index in [1.165, 1.54) is 10.4 Å². The van der Waals surface area contributed by atoms with Crippen LogP contribution in [0.25, 0.3) is 0 Å². The first-order valence-corrected chi connectivity index (χ1v) is 6.77. The topological polar surface area (TPSA) is 24.9 Å². The molecule has 1 heterocycles. The van der Waals surface area contributed by atoms with Gasteiger partial charge in [-0.05, 0) is 31.2 Å². The van der Waals surface area contributed by atoms with Gasteiger partial charge in [-0.25, -0.2) is 0 Å². The maximum atomic E-state index is 6.16. The van der Waals surface area contributed by atoms with Gasteiger partial charge in [0.1, 0.15) is 0 Å². The maximum Gasteiger partial charge on any atom is 0.0794 e. The number of aromatic nitrogens is 1. The Morgan fingerprint density at radius 1 is 1.47 bits per heavy atom. The number of nitrogens with zero attached hydrogens (tertiary/aromatic N) is 1. The molecule has 0 spiro atoms. The SMILES string of the molecule is CNC(Cc1cncs1)c1ccc(C)c(Cl)c1. The van der Waals surface area contributed by atoms with Crippen molar-refractivity contribution in [2.75, 3.05) is 7.05 Å². The fourth-order valence-electron chi connectivity index (χ4n) is 1.76. The predicted octanol–water partition coefficient (Wildman–Crippen LogP) is 3.61. The van der Waals surface area contributed by atoms with Crippen molar-refractivity contribution in [1.82, 2.24) is 10.3 Å². The quantitative estimate of drug-likeness (QED) is 0.915. The summed E-state index contributed by atoms with van der Waals surface area (Å²) in [5, 5.41) is 4.15. The lowest BCUT2D eigenvalue weighted by Crippen LogP contribution is -2.18. The van der Waals surface area contributed by atoms with Crippen LogP contribution in [0.2, 0.25) is 5.02 Å². The molecule has 0 aliphatic heterocycles. The molecule has 0 saturated heterocycles. The molecule has 0 fully saturated rings. The minimum atomic E-state index is 0.286. The molecular formula is C13H15ClN2S. The van der Waals surface area contributed by atoms with Gasteiger partial charge < -0.3 is 5.32 Å². The maximum absolute atomic E-state index is 6.16. The average Bonchev–Trinajstić information content (AvgIpc) is 2.82. The fraction of sp³-hybridized carbons (Fsp3) is 0.308. The Balaban J connectivity index is 2.20. The second kappa shape index (κ2) is 5.63. The average molecular weight is 267 g/mol. The van der Waals surface area contributed by atoms with Gasteiger partial charge in [0.25, 0.3) is 0 Å². The first-order chi connectivity index (χ1) is 8.20. The van der Waals surface area contributed by atoms with Crippen LogP contribution in [0.15, 0.2) is 29.9 Å². The highest BCUT2D eigenvalue weighted by Crippen LogP contribution is 2.24. The summed E-state index contributed by atoms with van der Waals surface area (Å²) in [6, 6.07) is 6.52. The van der Waals surface area contributed by atoms with E-state index in [2.05, 4.69) is 22.4 Å². The molecule has 1 aromatic heterocycles. The van der Waals surface area contributed by atoms with E-state index >= 15 is 0 Å². The van der Waals surface area contributed by atoms with Gasteiger partial charge in [0.15, 0.2) is 0 Å². The van der Waals surface area contributed by atoms with Crippen molar-refractivity contribution in [1.29, 1.82) is 0 Å². The number of nitrogens with one attached hydrogen (secondary N) is 1. The first kappa shape index (κ1) is 12.6. The number of rotatable bonds is 4. The van der Waals surface area contributed by atoms with Gasteiger partial charge in [-0.15, -0.1) is 11.3 Å². The molecule has 2 nitrogen and oxygen atoms in total. The largest absolute Gasteiger partial charge is 0.313 e. The van der Waals surface area contributed by atoms with Crippen molar-refractivity contribution in [2.24, 2.45) is 0 Å². The molecule has 2 aromatic rings. The first-order valence-electron chi connectivity index (χ1n) is 5.51. The number of thiazole rings is 1. The molecule has 0 aliphatic rings. The third kappa shape index (κ3) is 3.06. The van der Waals surface area contributed by atoms with Crippen LogP contribution < -0.4 is 5.32 Å². The molecule has 0 radical (unpaired) electrons. The molecule has 17 heavy (non-hydrogen) atoms. The fourth-order valence-corrected chi connectivity index (χ4v) is 2.59. The minimum absolute atomic E-state index is 0.286. The molecule has 0 amide bonds. The van der Waals surface area contributed by atoms with E-state index in [0.29, 0.717) is 0 Å². The lowest BCUT2D eigenvalue weighted by Gasteiger charge is -2.16. The monoisotopic (exact) mass is 266 g/mol. The summed E-state index contributed by atoms with van der Waals surface area (Å²) in [7, 11) is 1.97. The zero-order valence-electron chi connectivity index (χ0n) is 9.90. The molecule has 0 bridgehead atoms. The number of halogens is 1. The molecule has 1 unspecified atom stereocenters. The molecule has 90 valence electrons. The number of benzene rings is 1. The highest BCUT2D eigenvalue weighted by molar-refractivity contribution is 7.09. The minimum Gasteiger partial charge on any atom is -0.313 e. The van der Waals surface area contributed by atoms with Crippen LogP contribution >= 0.6 is 22.9 Å². The van der Waals surface area contributed by atoms with Crippen LogP contribution in [-0.2, 0) is 6.42 Å². The van der Waals surface area contributed by atoms with E-state index in [9.17, 15) is 0 Å². The van der Waals surface area contributed by atoms with Crippen LogP contribution in [0.5, 0.6) is 0 Å². The van der Waals surface area contributed by atoms with Crippen LogP contribution in [0.3, 0.4) is 0 Å². The summed E-state index contributed by atoms with van der Waals surface area (Å²) in [6.07, 6.45) is 2.87. The Morgan fingerprint density at radius 2 is 2.29 bits per heavy atom. The Labute approximate surface area is 111 Å². The van der Waals surface area contributed by atoms with Crippen molar-refractivity contribution < 1.29 is 0 Å². The van der Waals surface area contributed by atoms with Crippen LogP contribution in [0, 0.1) is 6.92 Å². The summed E-state index contributed by atoms with van der Waals surface area (Å²) in [4.78, 5) is 5.38. The highest BCUT2D eigenvalue weighted by atomic mass is 35.5. The van der Waals surface area contributed by atoms with Gasteiger partial charge in [0.05, 0.1) is 5.51 Å². The lowest BCUT2D eigenvalue weighted by atomic mass is 10.0. The molecular weight excluding hydrogens is 252 g/mol. The molecule has 0 saturated carbocycles. The van der Waals surface area contributed by atoms with Crippen molar-refractivity contribution in [3.63, 3.8) is 0 Å². The molecule has 2 rings (SSSR count). The summed E-state index contributed by atoms with van der Waals surface area (Å²) in [5.41, 5.74) is 4.20. The summed E-state index contributed by atoms with van der Waals surface area (Å²) in [6.45, 7) is 2.02. The van der Waals surface area contributed by atoms with E-state index in [1.54, 1.807) is 11.3 Å². The normalized spacial score (nSPS) is 12.6. The second-order valence-corrected chi connectivity index (χ2v) is 5.40. The molecule has 0 aliphatic carbocycles. The zero-order chi connectivity index (χ0) is 12.3. The van der Waals surface area contributed by atoms with Gasteiger partial charge in [0, 0.05) is 28.6 Å². The standard InChI is InChI=1S/C13H15ClN2S/c1-9-3-4-10(5-12(9)14)13(15-2)6-11-7-16-8-17-11/h3-5,7-8,13,15H,6H2,1-2H3. The number of likely N-dealkylation sites (N-methyl/N-ethyl adjacent to an activating group) is 1. The van der Waals surface area contributed by atoms with Crippen LogP contribution in [0.4, 0.5) is 0 Å². The summed E-state index contributed by atoms with van der Waals surface area (Å²) < 4.78 is 0. The van der Waals surface area contributed by atoms with Crippen LogP contribution in [0.1, 0.15) is 22.0 Å². The van der Waals surface area contributed by atoms with Crippen molar-refractivity contribution in [2.45, 2.75) is 19.4 Å². The van der Waals surface area contributed by atoms with Gasteiger partial charge in [-0.2, -0.15) is 0 Å². The summed E-state index contributed by atoms with van der Waals surface area (Å²) >= 11 is 7.84.